The van der Waals surface area contributed by atoms with E-state index in [1.807, 2.05) is 12.1 Å². The SMILES string of the molecule is N=C(N)NCCC([CH]C(=O)c1nc(C(N)=O)cs1)CCCc1ccc(Cl)c(Cl)c1. The molecule has 1 amide bonds. The molecule has 0 saturated heterocycles. The number of ketones is 1. The van der Waals surface area contributed by atoms with Crippen LogP contribution in [0.2, 0.25) is 10.0 Å². The van der Waals surface area contributed by atoms with Crippen LogP contribution in [0, 0.1) is 17.7 Å². The zero-order valence-corrected chi connectivity index (χ0v) is 17.9. The summed E-state index contributed by atoms with van der Waals surface area (Å²) in [4.78, 5) is 27.7. The summed E-state index contributed by atoms with van der Waals surface area (Å²) in [6.45, 7) is 0.473. The van der Waals surface area contributed by atoms with E-state index in [9.17, 15) is 9.59 Å². The predicted molar refractivity (Wildman–Crippen MR) is 117 cm³/mol. The van der Waals surface area contributed by atoms with E-state index in [2.05, 4.69) is 10.3 Å². The van der Waals surface area contributed by atoms with E-state index in [1.165, 1.54) is 5.38 Å². The van der Waals surface area contributed by atoms with Crippen LogP contribution < -0.4 is 16.8 Å². The van der Waals surface area contributed by atoms with Crippen molar-refractivity contribution >= 4 is 52.2 Å². The second-order valence-corrected chi connectivity index (χ2v) is 8.14. The lowest BCUT2D eigenvalue weighted by Gasteiger charge is -2.16. The van der Waals surface area contributed by atoms with Gasteiger partial charge in [-0.05, 0) is 49.3 Å². The number of Topliss-reactive ketones (excluding diaryl/α,β-unsaturated/α-hetero) is 1. The van der Waals surface area contributed by atoms with E-state index < -0.39 is 5.91 Å². The van der Waals surface area contributed by atoms with Gasteiger partial charge >= 0.3 is 0 Å². The van der Waals surface area contributed by atoms with Crippen molar-refractivity contribution in [3.8, 4) is 0 Å². The second kappa shape index (κ2) is 11.1. The summed E-state index contributed by atoms with van der Waals surface area (Å²) in [6, 6.07) is 5.53. The second-order valence-electron chi connectivity index (χ2n) is 6.46. The topological polar surface area (TPSA) is 135 Å². The molecule has 0 aliphatic heterocycles. The summed E-state index contributed by atoms with van der Waals surface area (Å²) in [5.74, 6) is -1.07. The van der Waals surface area contributed by atoms with Crippen LogP contribution in [-0.4, -0.2) is 29.2 Å². The Bertz CT molecular complexity index is 887. The first kappa shape index (κ1) is 23.1. The minimum absolute atomic E-state index is 0.0435. The molecule has 0 aliphatic rings. The fraction of sp³-hybridized carbons (Fsp3) is 0.316. The van der Waals surface area contributed by atoms with E-state index in [-0.39, 0.29) is 28.4 Å². The molecule has 6 N–H and O–H groups in total. The highest BCUT2D eigenvalue weighted by Crippen LogP contribution is 2.25. The van der Waals surface area contributed by atoms with Crippen molar-refractivity contribution < 1.29 is 9.59 Å². The van der Waals surface area contributed by atoms with Gasteiger partial charge in [-0.2, -0.15) is 0 Å². The van der Waals surface area contributed by atoms with Gasteiger partial charge in [-0.15, -0.1) is 11.3 Å². The third-order valence-electron chi connectivity index (χ3n) is 4.21. The first-order chi connectivity index (χ1) is 13.8. The van der Waals surface area contributed by atoms with Gasteiger partial charge in [0.2, 0.25) is 0 Å². The molecule has 29 heavy (non-hydrogen) atoms. The number of hydrogen-bond acceptors (Lipinski definition) is 5. The quantitative estimate of drug-likeness (QED) is 0.234. The number of benzene rings is 1. The van der Waals surface area contributed by atoms with E-state index in [0.717, 1.165) is 36.2 Å². The molecule has 0 saturated carbocycles. The van der Waals surface area contributed by atoms with Gasteiger partial charge in [0.1, 0.15) is 5.69 Å². The summed E-state index contributed by atoms with van der Waals surface area (Å²) in [5, 5.41) is 12.7. The number of nitrogens with one attached hydrogen (secondary N) is 2. The molecule has 10 heteroatoms. The highest BCUT2D eigenvalue weighted by atomic mass is 35.5. The van der Waals surface area contributed by atoms with Crippen molar-refractivity contribution in [2.75, 3.05) is 6.54 Å². The smallest absolute Gasteiger partial charge is 0.268 e. The van der Waals surface area contributed by atoms with Gasteiger partial charge in [-0.3, -0.25) is 15.0 Å². The van der Waals surface area contributed by atoms with E-state index >= 15 is 0 Å². The molecular weight excluding hydrogens is 433 g/mol. The fourth-order valence-corrected chi connectivity index (χ4v) is 3.80. The van der Waals surface area contributed by atoms with Crippen LogP contribution >= 0.6 is 34.5 Å². The van der Waals surface area contributed by atoms with Crippen LogP contribution in [-0.2, 0) is 6.42 Å². The molecule has 0 fully saturated rings. The third kappa shape index (κ3) is 7.64. The van der Waals surface area contributed by atoms with Crippen molar-refractivity contribution in [3.63, 3.8) is 0 Å². The summed E-state index contributed by atoms with van der Waals surface area (Å²) >= 11 is 13.1. The molecule has 0 aliphatic carbocycles. The number of carbonyl (C=O) groups is 2. The van der Waals surface area contributed by atoms with Gasteiger partial charge in [0.25, 0.3) is 5.91 Å². The zero-order chi connectivity index (χ0) is 21.4. The highest BCUT2D eigenvalue weighted by molar-refractivity contribution is 7.12. The Kier molecular flexibility index (Phi) is 8.88. The van der Waals surface area contributed by atoms with E-state index in [4.69, 9.17) is 40.1 Å². The largest absolute Gasteiger partial charge is 0.370 e. The number of nitrogens with two attached hydrogens (primary N) is 2. The molecule has 1 atom stereocenters. The first-order valence-electron chi connectivity index (χ1n) is 8.92. The number of aromatic nitrogens is 1. The molecule has 2 aromatic rings. The maximum Gasteiger partial charge on any atom is 0.268 e. The summed E-state index contributed by atoms with van der Waals surface area (Å²) < 4.78 is 0. The number of thiazole rings is 1. The number of carbonyl (C=O) groups excluding carboxylic acids is 2. The molecule has 155 valence electrons. The molecule has 0 spiro atoms. The fourth-order valence-electron chi connectivity index (χ4n) is 2.75. The molecule has 2 rings (SSSR count). The number of primary amides is 1. The Morgan fingerprint density at radius 1 is 1.24 bits per heavy atom. The summed E-state index contributed by atoms with van der Waals surface area (Å²) in [5.41, 5.74) is 11.7. The average molecular weight is 455 g/mol. The number of halogens is 2. The van der Waals surface area contributed by atoms with Gasteiger partial charge in [0, 0.05) is 18.3 Å². The van der Waals surface area contributed by atoms with Gasteiger partial charge in [-0.1, -0.05) is 29.3 Å². The lowest BCUT2D eigenvalue weighted by Crippen LogP contribution is -2.32. The van der Waals surface area contributed by atoms with Crippen LogP contribution in [0.5, 0.6) is 0 Å². The minimum atomic E-state index is -0.663. The van der Waals surface area contributed by atoms with Gasteiger partial charge in [-0.25, -0.2) is 4.98 Å². The van der Waals surface area contributed by atoms with Gasteiger partial charge in [0.05, 0.1) is 10.0 Å². The monoisotopic (exact) mass is 454 g/mol. The van der Waals surface area contributed by atoms with Crippen molar-refractivity contribution in [1.82, 2.24) is 10.3 Å². The molecule has 1 radical (unpaired) electrons. The van der Waals surface area contributed by atoms with Gasteiger partial charge in [0.15, 0.2) is 16.8 Å². The molecule has 0 bridgehead atoms. The highest BCUT2D eigenvalue weighted by Gasteiger charge is 2.19. The van der Waals surface area contributed by atoms with Crippen LogP contribution in [0.3, 0.4) is 0 Å². The summed E-state index contributed by atoms with van der Waals surface area (Å²) in [7, 11) is 0. The van der Waals surface area contributed by atoms with E-state index in [0.29, 0.717) is 23.0 Å². The molecule has 1 aromatic heterocycles. The number of aryl methyl sites for hydroxylation is 1. The van der Waals surface area contributed by atoms with Crippen molar-refractivity contribution in [2.45, 2.75) is 25.7 Å². The molecular formula is C19H22Cl2N5O2S. The van der Waals surface area contributed by atoms with Crippen LogP contribution in [0.1, 0.15) is 45.1 Å². The summed E-state index contributed by atoms with van der Waals surface area (Å²) in [6.07, 6.45) is 4.61. The number of hydrogen-bond donors (Lipinski definition) is 4. The maximum atomic E-state index is 12.5. The van der Waals surface area contributed by atoms with Crippen LogP contribution in [0.25, 0.3) is 0 Å². The lowest BCUT2D eigenvalue weighted by molar-refractivity contribution is 0.0996. The lowest BCUT2D eigenvalue weighted by atomic mass is 9.92. The average Bonchev–Trinajstić information content (AvgIpc) is 3.15. The number of guanidine groups is 1. The third-order valence-corrected chi connectivity index (χ3v) is 5.81. The maximum absolute atomic E-state index is 12.5. The molecule has 1 aromatic carbocycles. The number of nitrogens with zero attached hydrogens (tertiary/aromatic N) is 1. The molecule has 1 unspecified atom stereocenters. The van der Waals surface area contributed by atoms with E-state index in [1.54, 1.807) is 12.5 Å². The Labute approximate surface area is 183 Å². The van der Waals surface area contributed by atoms with Crippen molar-refractivity contribution in [3.05, 3.63) is 56.3 Å². The van der Waals surface area contributed by atoms with Gasteiger partial charge < -0.3 is 16.8 Å². The number of amides is 1. The standard InChI is InChI=1S/C19H22Cl2N5O2S/c20-13-5-4-11(8-14(13)21)2-1-3-12(6-7-25-19(23)24)9-16(27)18-26-15(10-29-18)17(22)28/h4-5,8-10,12H,1-3,6-7H2,(H2,22,28)(H4,23,24,25). The normalized spacial score (nSPS) is 11.8. The molecule has 1 heterocycles. The van der Waals surface area contributed by atoms with Crippen molar-refractivity contribution in [1.29, 1.82) is 5.41 Å². The van der Waals surface area contributed by atoms with Crippen molar-refractivity contribution in [2.24, 2.45) is 17.4 Å². The zero-order valence-electron chi connectivity index (χ0n) is 15.6. The number of rotatable bonds is 11. The Morgan fingerprint density at radius 3 is 2.62 bits per heavy atom. The molecule has 7 nitrogen and oxygen atoms in total. The Hall–Kier alpha value is -2.16. The van der Waals surface area contributed by atoms with Crippen LogP contribution in [0.15, 0.2) is 23.6 Å². The first-order valence-corrected chi connectivity index (χ1v) is 10.6. The minimum Gasteiger partial charge on any atom is -0.370 e. The Morgan fingerprint density at radius 2 is 2.00 bits per heavy atom. The van der Waals surface area contributed by atoms with Crippen LogP contribution in [0.4, 0.5) is 0 Å². The predicted octanol–water partition coefficient (Wildman–Crippen LogP) is 3.45. The Balaban J connectivity index is 1.95.